The molecule has 5 heteroatoms. The van der Waals surface area contributed by atoms with E-state index < -0.39 is 0 Å². The zero-order valence-corrected chi connectivity index (χ0v) is 22.3. The van der Waals surface area contributed by atoms with Crippen LogP contribution < -0.4 is 10.2 Å². The van der Waals surface area contributed by atoms with Gasteiger partial charge in [-0.05, 0) is 54.5 Å². The molecule has 0 spiro atoms. The molecule has 2 aromatic rings. The topological polar surface area (TPSA) is 52.7 Å². The van der Waals surface area contributed by atoms with E-state index in [0.29, 0.717) is 24.8 Å². The number of carbonyl (C=O) groups is 2. The SMILES string of the molecule is CC[C@H](C(=O)N(Cc1cc(NC(=O)CC(C)C)ccc1N(C)C)[C@@H](C)C(C)C)c1ccccc1. The molecule has 2 rings (SSSR count). The number of nitrogens with zero attached hydrogens (tertiary/aromatic N) is 2. The van der Waals surface area contributed by atoms with E-state index in [0.717, 1.165) is 28.9 Å². The lowest BCUT2D eigenvalue weighted by atomic mass is 9.92. The molecule has 0 aromatic heterocycles. The molecule has 2 atom stereocenters. The second-order valence-corrected chi connectivity index (χ2v) is 10.2. The fraction of sp³-hybridized carbons (Fsp3) is 0.517. The normalized spacial score (nSPS) is 13.0. The largest absolute Gasteiger partial charge is 0.377 e. The molecule has 0 saturated heterocycles. The van der Waals surface area contributed by atoms with Gasteiger partial charge in [0.15, 0.2) is 0 Å². The lowest BCUT2D eigenvalue weighted by molar-refractivity contribution is -0.136. The van der Waals surface area contributed by atoms with Crippen LogP contribution in [0.2, 0.25) is 0 Å². The molecule has 0 unspecified atom stereocenters. The molecule has 2 aromatic carbocycles. The first-order chi connectivity index (χ1) is 16.0. The van der Waals surface area contributed by atoms with E-state index in [-0.39, 0.29) is 23.8 Å². The van der Waals surface area contributed by atoms with Crippen LogP contribution in [0.25, 0.3) is 0 Å². The van der Waals surface area contributed by atoms with Crippen LogP contribution in [0.1, 0.15) is 71.4 Å². The van der Waals surface area contributed by atoms with Crippen molar-refractivity contribution in [2.24, 2.45) is 11.8 Å². The monoisotopic (exact) mass is 465 g/mol. The molecule has 186 valence electrons. The van der Waals surface area contributed by atoms with Crippen LogP contribution in [0, 0.1) is 11.8 Å². The van der Waals surface area contributed by atoms with Gasteiger partial charge in [0.25, 0.3) is 0 Å². The highest BCUT2D eigenvalue weighted by Crippen LogP contribution is 2.30. The average Bonchev–Trinajstić information content (AvgIpc) is 2.77. The molecule has 0 bridgehead atoms. The molecule has 1 N–H and O–H groups in total. The molecule has 0 radical (unpaired) electrons. The van der Waals surface area contributed by atoms with E-state index in [1.807, 2.05) is 81.4 Å². The third-order valence-corrected chi connectivity index (χ3v) is 6.43. The first-order valence-electron chi connectivity index (χ1n) is 12.5. The highest BCUT2D eigenvalue weighted by Gasteiger charge is 2.30. The van der Waals surface area contributed by atoms with E-state index in [2.05, 4.69) is 37.9 Å². The van der Waals surface area contributed by atoms with Crippen LogP contribution >= 0.6 is 0 Å². The van der Waals surface area contributed by atoms with Crippen LogP contribution in [0.4, 0.5) is 11.4 Å². The molecule has 0 fully saturated rings. The standard InChI is InChI=1S/C29H43N3O2/c1-9-26(23-13-11-10-12-14-23)29(34)32(22(6)21(4)5)19-24-18-25(15-16-27(24)31(7)8)30-28(33)17-20(2)3/h10-16,18,20-22,26H,9,17,19H2,1-8H3,(H,30,33)/t22-,26-/m0/s1. The van der Waals surface area contributed by atoms with Crippen LogP contribution in [-0.2, 0) is 16.1 Å². The second kappa shape index (κ2) is 12.6. The van der Waals surface area contributed by atoms with Crippen molar-refractivity contribution in [1.82, 2.24) is 4.90 Å². The summed E-state index contributed by atoms with van der Waals surface area (Å²) < 4.78 is 0. The van der Waals surface area contributed by atoms with Gasteiger partial charge in [-0.2, -0.15) is 0 Å². The molecule has 34 heavy (non-hydrogen) atoms. The number of carbonyl (C=O) groups excluding carboxylic acids is 2. The summed E-state index contributed by atoms with van der Waals surface area (Å²) in [6.07, 6.45) is 1.23. The molecule has 0 heterocycles. The van der Waals surface area contributed by atoms with Crippen LogP contribution in [0.15, 0.2) is 48.5 Å². The fourth-order valence-corrected chi connectivity index (χ4v) is 4.21. The van der Waals surface area contributed by atoms with E-state index in [1.54, 1.807) is 0 Å². The third-order valence-electron chi connectivity index (χ3n) is 6.43. The minimum atomic E-state index is -0.181. The molecule has 2 amide bonds. The smallest absolute Gasteiger partial charge is 0.230 e. The Kier molecular flexibility index (Phi) is 10.2. The predicted molar refractivity (Wildman–Crippen MR) is 143 cm³/mol. The van der Waals surface area contributed by atoms with Crippen LogP contribution in [-0.4, -0.2) is 36.9 Å². The Morgan fingerprint density at radius 1 is 0.941 bits per heavy atom. The summed E-state index contributed by atoms with van der Waals surface area (Å²) in [5, 5.41) is 3.03. The summed E-state index contributed by atoms with van der Waals surface area (Å²) in [5.74, 6) is 0.587. The predicted octanol–water partition coefficient (Wildman–Crippen LogP) is 6.30. The zero-order chi connectivity index (χ0) is 25.4. The van der Waals surface area contributed by atoms with Gasteiger partial charge in [0.1, 0.15) is 0 Å². The van der Waals surface area contributed by atoms with Gasteiger partial charge in [-0.25, -0.2) is 0 Å². The number of benzene rings is 2. The molecular weight excluding hydrogens is 422 g/mol. The van der Waals surface area contributed by atoms with Gasteiger partial charge in [-0.15, -0.1) is 0 Å². The maximum Gasteiger partial charge on any atom is 0.230 e. The highest BCUT2D eigenvalue weighted by atomic mass is 16.2. The first-order valence-corrected chi connectivity index (χ1v) is 12.5. The molecule has 0 aliphatic rings. The molecule has 5 nitrogen and oxygen atoms in total. The van der Waals surface area contributed by atoms with Crippen LogP contribution in [0.3, 0.4) is 0 Å². The van der Waals surface area contributed by atoms with Gasteiger partial charge in [0.05, 0.1) is 5.92 Å². The van der Waals surface area contributed by atoms with Gasteiger partial charge in [-0.1, -0.05) is 65.0 Å². The number of nitrogens with one attached hydrogen (secondary N) is 1. The fourth-order valence-electron chi connectivity index (χ4n) is 4.21. The minimum Gasteiger partial charge on any atom is -0.377 e. The van der Waals surface area contributed by atoms with Crippen molar-refractivity contribution in [3.8, 4) is 0 Å². The van der Waals surface area contributed by atoms with E-state index in [1.165, 1.54) is 0 Å². The maximum atomic E-state index is 13.9. The van der Waals surface area contributed by atoms with Gasteiger partial charge in [0.2, 0.25) is 11.8 Å². The Labute approximate surface area is 206 Å². The number of hydrogen-bond acceptors (Lipinski definition) is 3. The summed E-state index contributed by atoms with van der Waals surface area (Å²) in [6, 6.07) is 16.1. The quantitative estimate of drug-likeness (QED) is 0.423. The van der Waals surface area contributed by atoms with Crippen molar-refractivity contribution in [2.45, 2.75) is 72.9 Å². The molecule has 0 aliphatic carbocycles. The Balaban J connectivity index is 2.44. The van der Waals surface area contributed by atoms with Crippen molar-refractivity contribution < 1.29 is 9.59 Å². The van der Waals surface area contributed by atoms with E-state index in [4.69, 9.17) is 0 Å². The third kappa shape index (κ3) is 7.34. The van der Waals surface area contributed by atoms with Crippen molar-refractivity contribution in [3.63, 3.8) is 0 Å². The van der Waals surface area contributed by atoms with Crippen molar-refractivity contribution in [1.29, 1.82) is 0 Å². The minimum absolute atomic E-state index is 0.0113. The summed E-state index contributed by atoms with van der Waals surface area (Å²) in [5.41, 5.74) is 3.89. The number of hydrogen-bond donors (Lipinski definition) is 1. The lowest BCUT2D eigenvalue weighted by Crippen LogP contribution is -2.43. The zero-order valence-electron chi connectivity index (χ0n) is 22.3. The summed E-state index contributed by atoms with van der Waals surface area (Å²) in [4.78, 5) is 30.4. The molecule has 0 aliphatic heterocycles. The van der Waals surface area contributed by atoms with Gasteiger partial charge in [0, 0.05) is 44.5 Å². The van der Waals surface area contributed by atoms with Gasteiger partial charge in [-0.3, -0.25) is 9.59 Å². The van der Waals surface area contributed by atoms with Crippen molar-refractivity contribution in [3.05, 3.63) is 59.7 Å². The molecule has 0 saturated carbocycles. The second-order valence-electron chi connectivity index (χ2n) is 10.2. The first kappa shape index (κ1) is 27.4. The van der Waals surface area contributed by atoms with E-state index >= 15 is 0 Å². The van der Waals surface area contributed by atoms with Crippen LogP contribution in [0.5, 0.6) is 0 Å². The van der Waals surface area contributed by atoms with Gasteiger partial charge >= 0.3 is 0 Å². The Morgan fingerprint density at radius 3 is 2.12 bits per heavy atom. The Hall–Kier alpha value is -2.82. The summed E-state index contributed by atoms with van der Waals surface area (Å²) in [6.45, 7) is 13.1. The van der Waals surface area contributed by atoms with Crippen molar-refractivity contribution >= 4 is 23.2 Å². The number of rotatable bonds is 11. The Morgan fingerprint density at radius 2 is 1.59 bits per heavy atom. The highest BCUT2D eigenvalue weighted by molar-refractivity contribution is 5.91. The van der Waals surface area contributed by atoms with Crippen molar-refractivity contribution in [2.75, 3.05) is 24.3 Å². The van der Waals surface area contributed by atoms with Gasteiger partial charge < -0.3 is 15.1 Å². The average molecular weight is 466 g/mol. The number of amides is 2. The lowest BCUT2D eigenvalue weighted by Gasteiger charge is -2.36. The maximum absolute atomic E-state index is 13.9. The van der Waals surface area contributed by atoms with E-state index in [9.17, 15) is 9.59 Å². The number of anilines is 2. The summed E-state index contributed by atoms with van der Waals surface area (Å²) >= 11 is 0. The Bertz CT molecular complexity index is 938. The summed E-state index contributed by atoms with van der Waals surface area (Å²) in [7, 11) is 4.01. The molecular formula is C29H43N3O2.